The number of anilines is 1. The molecule has 1 aromatic carbocycles. The van der Waals surface area contributed by atoms with E-state index >= 15 is 0 Å². The number of piperazine rings is 1. The van der Waals surface area contributed by atoms with Gasteiger partial charge in [0.1, 0.15) is 6.04 Å². The van der Waals surface area contributed by atoms with Crippen molar-refractivity contribution in [3.63, 3.8) is 0 Å². The van der Waals surface area contributed by atoms with Crippen LogP contribution in [0.1, 0.15) is 6.92 Å². The molecule has 1 aromatic heterocycles. The van der Waals surface area contributed by atoms with Crippen LogP contribution in [0.15, 0.2) is 24.3 Å². The molecular formula is C14H17N3O2S. The second-order valence-electron chi connectivity index (χ2n) is 4.63. The highest BCUT2D eigenvalue weighted by Gasteiger charge is 2.31. The maximum atomic E-state index is 12.1. The standard InChI is InChI=1S/C14H17N3O2S/c1-2-19-13(18)11-9-15-7-8-17(11)14-16-10-5-3-4-6-12(10)20-14/h3-6,11,15H,2,7-9H2,1H3. The van der Waals surface area contributed by atoms with Crippen LogP contribution >= 0.6 is 11.3 Å². The minimum Gasteiger partial charge on any atom is -0.464 e. The topological polar surface area (TPSA) is 54.5 Å². The third-order valence-corrected chi connectivity index (χ3v) is 4.40. The molecule has 0 bridgehead atoms. The number of nitrogens with one attached hydrogen (secondary N) is 1. The number of aromatic nitrogens is 1. The first-order valence-corrected chi connectivity index (χ1v) is 7.61. The quantitative estimate of drug-likeness (QED) is 0.871. The van der Waals surface area contributed by atoms with E-state index in [2.05, 4.69) is 21.3 Å². The lowest BCUT2D eigenvalue weighted by Gasteiger charge is -2.34. The van der Waals surface area contributed by atoms with Crippen LogP contribution in [-0.4, -0.2) is 43.2 Å². The van der Waals surface area contributed by atoms with Crippen LogP contribution in [0.2, 0.25) is 0 Å². The lowest BCUT2D eigenvalue weighted by molar-refractivity contribution is -0.144. The number of esters is 1. The van der Waals surface area contributed by atoms with Crippen LogP contribution in [0, 0.1) is 0 Å². The van der Waals surface area contributed by atoms with Crippen LogP contribution in [0.4, 0.5) is 5.13 Å². The second kappa shape index (κ2) is 5.76. The van der Waals surface area contributed by atoms with Gasteiger partial charge in [-0.15, -0.1) is 0 Å². The Morgan fingerprint density at radius 3 is 3.20 bits per heavy atom. The number of fused-ring (bicyclic) bond motifs is 1. The fourth-order valence-corrected chi connectivity index (χ4v) is 3.41. The molecule has 6 heteroatoms. The van der Waals surface area contributed by atoms with Gasteiger partial charge in [0.15, 0.2) is 5.13 Å². The Labute approximate surface area is 121 Å². The van der Waals surface area contributed by atoms with Gasteiger partial charge in [-0.25, -0.2) is 9.78 Å². The van der Waals surface area contributed by atoms with Gasteiger partial charge in [0.2, 0.25) is 0 Å². The fourth-order valence-electron chi connectivity index (χ4n) is 2.37. The van der Waals surface area contributed by atoms with E-state index in [1.807, 2.05) is 25.1 Å². The first kappa shape index (κ1) is 13.3. The predicted molar refractivity (Wildman–Crippen MR) is 80.3 cm³/mol. The number of carbonyl (C=O) groups excluding carboxylic acids is 1. The summed E-state index contributed by atoms with van der Waals surface area (Å²) in [5.41, 5.74) is 0.980. The maximum absolute atomic E-state index is 12.1. The molecule has 0 aliphatic carbocycles. The molecule has 0 spiro atoms. The molecule has 1 aliphatic heterocycles. The van der Waals surface area contributed by atoms with Crippen LogP contribution in [0.5, 0.6) is 0 Å². The zero-order chi connectivity index (χ0) is 13.9. The number of ether oxygens (including phenoxy) is 1. The van der Waals surface area contributed by atoms with E-state index in [0.29, 0.717) is 13.2 Å². The molecule has 3 rings (SSSR count). The number of thiazole rings is 1. The van der Waals surface area contributed by atoms with E-state index in [0.717, 1.165) is 28.4 Å². The molecule has 0 saturated carbocycles. The number of hydrogen-bond donors (Lipinski definition) is 1. The van der Waals surface area contributed by atoms with Crippen molar-refractivity contribution in [1.82, 2.24) is 10.3 Å². The minimum atomic E-state index is -0.288. The van der Waals surface area contributed by atoms with E-state index in [1.165, 1.54) is 0 Å². The molecule has 1 aliphatic rings. The Bertz CT molecular complexity index is 580. The second-order valence-corrected chi connectivity index (χ2v) is 5.64. The smallest absolute Gasteiger partial charge is 0.330 e. The molecule has 1 atom stereocenters. The molecule has 1 unspecified atom stereocenters. The molecule has 1 saturated heterocycles. The van der Waals surface area contributed by atoms with Crippen molar-refractivity contribution in [2.75, 3.05) is 31.1 Å². The first-order chi connectivity index (χ1) is 9.79. The molecule has 5 nitrogen and oxygen atoms in total. The SMILES string of the molecule is CCOC(=O)C1CNCCN1c1nc2ccccc2s1. The number of rotatable bonds is 3. The zero-order valence-corrected chi connectivity index (χ0v) is 12.2. The summed E-state index contributed by atoms with van der Waals surface area (Å²) < 4.78 is 6.31. The van der Waals surface area contributed by atoms with Crippen molar-refractivity contribution in [3.05, 3.63) is 24.3 Å². The van der Waals surface area contributed by atoms with Gasteiger partial charge in [0.25, 0.3) is 0 Å². The van der Waals surface area contributed by atoms with Crippen molar-refractivity contribution in [3.8, 4) is 0 Å². The van der Waals surface area contributed by atoms with Gasteiger partial charge in [-0.3, -0.25) is 0 Å². The number of nitrogens with zero attached hydrogens (tertiary/aromatic N) is 2. The molecule has 1 fully saturated rings. The molecule has 1 N–H and O–H groups in total. The Morgan fingerprint density at radius 2 is 2.40 bits per heavy atom. The average Bonchev–Trinajstić information content (AvgIpc) is 2.91. The van der Waals surface area contributed by atoms with Crippen molar-refractivity contribution < 1.29 is 9.53 Å². The van der Waals surface area contributed by atoms with Gasteiger partial charge in [-0.2, -0.15) is 0 Å². The summed E-state index contributed by atoms with van der Waals surface area (Å²) in [6, 6.07) is 7.75. The van der Waals surface area contributed by atoms with E-state index in [4.69, 9.17) is 4.74 Å². The van der Waals surface area contributed by atoms with Crippen LogP contribution in [-0.2, 0) is 9.53 Å². The van der Waals surface area contributed by atoms with E-state index in [9.17, 15) is 4.79 Å². The molecule has 106 valence electrons. The summed E-state index contributed by atoms with van der Waals surface area (Å²) in [4.78, 5) is 18.8. The summed E-state index contributed by atoms with van der Waals surface area (Å²) in [5, 5.41) is 4.14. The highest BCUT2D eigenvalue weighted by Crippen LogP contribution is 2.30. The molecular weight excluding hydrogens is 274 g/mol. The minimum absolute atomic E-state index is 0.182. The van der Waals surface area contributed by atoms with Crippen molar-refractivity contribution in [1.29, 1.82) is 0 Å². The van der Waals surface area contributed by atoms with Crippen LogP contribution in [0.3, 0.4) is 0 Å². The Kier molecular flexibility index (Phi) is 3.84. The first-order valence-electron chi connectivity index (χ1n) is 6.79. The fraction of sp³-hybridized carbons (Fsp3) is 0.429. The summed E-state index contributed by atoms with van der Waals surface area (Å²) in [6.45, 7) is 4.46. The normalized spacial score (nSPS) is 19.2. The van der Waals surface area contributed by atoms with Crippen molar-refractivity contribution in [2.24, 2.45) is 0 Å². The third kappa shape index (κ3) is 2.48. The summed E-state index contributed by atoms with van der Waals surface area (Å²) in [6.07, 6.45) is 0. The maximum Gasteiger partial charge on any atom is 0.330 e. The van der Waals surface area contributed by atoms with Crippen LogP contribution < -0.4 is 10.2 Å². The number of carbonyl (C=O) groups is 1. The molecule has 0 amide bonds. The monoisotopic (exact) mass is 291 g/mol. The van der Waals surface area contributed by atoms with Crippen molar-refractivity contribution >= 4 is 32.7 Å². The highest BCUT2D eigenvalue weighted by atomic mass is 32.1. The van der Waals surface area contributed by atoms with Gasteiger partial charge in [-0.05, 0) is 19.1 Å². The van der Waals surface area contributed by atoms with Crippen LogP contribution in [0.25, 0.3) is 10.2 Å². The largest absolute Gasteiger partial charge is 0.464 e. The zero-order valence-electron chi connectivity index (χ0n) is 11.3. The van der Waals surface area contributed by atoms with Gasteiger partial charge in [0.05, 0.1) is 16.8 Å². The Hall–Kier alpha value is -1.66. The Morgan fingerprint density at radius 1 is 1.55 bits per heavy atom. The molecule has 2 aromatic rings. The van der Waals surface area contributed by atoms with Gasteiger partial charge < -0.3 is 15.0 Å². The Balaban J connectivity index is 1.90. The molecule has 20 heavy (non-hydrogen) atoms. The van der Waals surface area contributed by atoms with E-state index in [1.54, 1.807) is 11.3 Å². The third-order valence-electron chi connectivity index (χ3n) is 3.33. The predicted octanol–water partition coefficient (Wildman–Crippen LogP) is 1.64. The van der Waals surface area contributed by atoms with Gasteiger partial charge >= 0.3 is 5.97 Å². The molecule has 2 heterocycles. The lowest BCUT2D eigenvalue weighted by atomic mass is 10.2. The summed E-state index contributed by atoms with van der Waals surface area (Å²) >= 11 is 1.62. The number of hydrogen-bond acceptors (Lipinski definition) is 6. The lowest BCUT2D eigenvalue weighted by Crippen LogP contribution is -2.55. The van der Waals surface area contributed by atoms with E-state index < -0.39 is 0 Å². The van der Waals surface area contributed by atoms with Crippen molar-refractivity contribution in [2.45, 2.75) is 13.0 Å². The summed E-state index contributed by atoms with van der Waals surface area (Å²) in [7, 11) is 0. The number of para-hydroxylation sites is 1. The van der Waals surface area contributed by atoms with E-state index in [-0.39, 0.29) is 12.0 Å². The average molecular weight is 291 g/mol. The highest BCUT2D eigenvalue weighted by molar-refractivity contribution is 7.22. The summed E-state index contributed by atoms with van der Waals surface area (Å²) in [5.74, 6) is -0.182. The molecule has 0 radical (unpaired) electrons. The van der Waals surface area contributed by atoms with Gasteiger partial charge in [0, 0.05) is 19.6 Å². The van der Waals surface area contributed by atoms with Gasteiger partial charge in [-0.1, -0.05) is 23.5 Å². The number of benzene rings is 1.